The van der Waals surface area contributed by atoms with Crippen LogP contribution in [-0.2, 0) is 9.59 Å². The number of rotatable bonds is 2. The summed E-state index contributed by atoms with van der Waals surface area (Å²) in [5.74, 6) is -1.95. The number of carbonyl (C=O) groups is 2. The van der Waals surface area contributed by atoms with E-state index in [2.05, 4.69) is 0 Å². The molecule has 18 heavy (non-hydrogen) atoms. The second kappa shape index (κ2) is 4.78. The van der Waals surface area contributed by atoms with E-state index in [4.69, 9.17) is 23.2 Å². The molecule has 1 N–H and O–H groups in total. The van der Waals surface area contributed by atoms with Gasteiger partial charge < -0.3 is 10.0 Å². The maximum Gasteiger partial charge on any atom is 0.309 e. The minimum absolute atomic E-state index is 0.000627. The zero-order valence-electron chi connectivity index (χ0n) is 9.56. The van der Waals surface area contributed by atoms with Gasteiger partial charge in [-0.05, 0) is 23.8 Å². The van der Waals surface area contributed by atoms with Crippen LogP contribution in [0, 0.1) is 5.92 Å². The predicted molar refractivity (Wildman–Crippen MR) is 67.7 cm³/mol. The summed E-state index contributed by atoms with van der Waals surface area (Å²) in [6.45, 7) is 0. The SMILES string of the molecule is CN1C(=O)CC(C(=O)O)C1c1cc(Cl)cc(Cl)c1. The molecule has 2 rings (SSSR count). The van der Waals surface area contributed by atoms with Crippen LogP contribution < -0.4 is 0 Å². The van der Waals surface area contributed by atoms with Crippen LogP contribution in [0.4, 0.5) is 0 Å². The minimum Gasteiger partial charge on any atom is -0.481 e. The van der Waals surface area contributed by atoms with E-state index < -0.39 is 17.9 Å². The van der Waals surface area contributed by atoms with Gasteiger partial charge in [0.05, 0.1) is 12.0 Å². The van der Waals surface area contributed by atoms with Crippen molar-refractivity contribution in [1.29, 1.82) is 0 Å². The molecule has 0 spiro atoms. The molecule has 4 nitrogen and oxygen atoms in total. The largest absolute Gasteiger partial charge is 0.481 e. The summed E-state index contributed by atoms with van der Waals surface area (Å²) >= 11 is 11.8. The first kappa shape index (κ1) is 13.2. The quantitative estimate of drug-likeness (QED) is 0.910. The molecule has 96 valence electrons. The fraction of sp³-hybridized carbons (Fsp3) is 0.333. The van der Waals surface area contributed by atoms with Crippen molar-refractivity contribution in [3.05, 3.63) is 33.8 Å². The van der Waals surface area contributed by atoms with E-state index in [0.717, 1.165) is 0 Å². The fourth-order valence-electron chi connectivity index (χ4n) is 2.29. The lowest BCUT2D eigenvalue weighted by molar-refractivity contribution is -0.142. The summed E-state index contributed by atoms with van der Waals surface area (Å²) in [5, 5.41) is 10.0. The zero-order valence-corrected chi connectivity index (χ0v) is 11.1. The summed E-state index contributed by atoms with van der Waals surface area (Å²) < 4.78 is 0. The predicted octanol–water partition coefficient (Wildman–Crippen LogP) is 2.60. The number of likely N-dealkylation sites (tertiary alicyclic amines) is 1. The Hall–Kier alpha value is -1.26. The number of hydrogen-bond donors (Lipinski definition) is 1. The van der Waals surface area contributed by atoms with Crippen LogP contribution in [0.1, 0.15) is 18.0 Å². The van der Waals surface area contributed by atoms with E-state index in [9.17, 15) is 14.7 Å². The van der Waals surface area contributed by atoms with Gasteiger partial charge in [0.2, 0.25) is 5.91 Å². The molecule has 1 aliphatic heterocycles. The fourth-order valence-corrected chi connectivity index (χ4v) is 2.84. The van der Waals surface area contributed by atoms with Crippen molar-refractivity contribution in [2.75, 3.05) is 7.05 Å². The van der Waals surface area contributed by atoms with E-state index in [-0.39, 0.29) is 12.3 Å². The van der Waals surface area contributed by atoms with Crippen LogP contribution in [0.2, 0.25) is 10.0 Å². The molecular formula is C12H11Cl2NO3. The van der Waals surface area contributed by atoms with E-state index in [1.807, 2.05) is 0 Å². The van der Waals surface area contributed by atoms with Gasteiger partial charge in [-0.1, -0.05) is 23.2 Å². The molecule has 1 heterocycles. The third kappa shape index (κ3) is 2.31. The Labute approximate surface area is 114 Å². The summed E-state index contributed by atoms with van der Waals surface area (Å²) in [4.78, 5) is 24.3. The van der Waals surface area contributed by atoms with Gasteiger partial charge >= 0.3 is 5.97 Å². The van der Waals surface area contributed by atoms with Crippen LogP contribution in [0.3, 0.4) is 0 Å². The summed E-state index contributed by atoms with van der Waals surface area (Å²) in [6.07, 6.45) is 0.000627. The van der Waals surface area contributed by atoms with E-state index >= 15 is 0 Å². The van der Waals surface area contributed by atoms with Gasteiger partial charge in [0, 0.05) is 23.5 Å². The van der Waals surface area contributed by atoms with Gasteiger partial charge in [0.15, 0.2) is 0 Å². The number of hydrogen-bond acceptors (Lipinski definition) is 2. The maximum absolute atomic E-state index is 11.6. The Balaban J connectivity index is 2.45. The number of aliphatic carboxylic acids is 1. The number of amides is 1. The van der Waals surface area contributed by atoms with Gasteiger partial charge in [-0.25, -0.2) is 0 Å². The lowest BCUT2D eigenvalue weighted by atomic mass is 9.94. The van der Waals surface area contributed by atoms with E-state index in [1.165, 1.54) is 4.90 Å². The number of benzene rings is 1. The van der Waals surface area contributed by atoms with Crippen LogP contribution in [0.15, 0.2) is 18.2 Å². The number of carboxylic acids is 1. The molecule has 2 unspecified atom stereocenters. The number of carbonyl (C=O) groups excluding carboxylic acids is 1. The molecule has 6 heteroatoms. The Morgan fingerprint density at radius 2 is 1.89 bits per heavy atom. The van der Waals surface area contributed by atoms with Crippen molar-refractivity contribution in [3.63, 3.8) is 0 Å². The first-order valence-corrected chi connectivity index (χ1v) is 6.10. The molecule has 1 fully saturated rings. The summed E-state index contributed by atoms with van der Waals surface area (Å²) in [7, 11) is 1.59. The third-order valence-electron chi connectivity index (χ3n) is 3.13. The van der Waals surface area contributed by atoms with Crippen molar-refractivity contribution in [2.45, 2.75) is 12.5 Å². The zero-order chi connectivity index (χ0) is 13.4. The lowest BCUT2D eigenvalue weighted by Crippen LogP contribution is -2.26. The third-order valence-corrected chi connectivity index (χ3v) is 3.57. The molecule has 2 atom stereocenters. The molecule has 1 aromatic rings. The highest BCUT2D eigenvalue weighted by atomic mass is 35.5. The second-order valence-electron chi connectivity index (χ2n) is 4.30. The van der Waals surface area contributed by atoms with Crippen molar-refractivity contribution < 1.29 is 14.7 Å². The number of carboxylic acid groups (broad SMARTS) is 1. The van der Waals surface area contributed by atoms with Gasteiger partial charge in [-0.3, -0.25) is 9.59 Å². The van der Waals surface area contributed by atoms with Gasteiger partial charge in [0.1, 0.15) is 0 Å². The van der Waals surface area contributed by atoms with E-state index in [0.29, 0.717) is 15.6 Å². The molecule has 0 radical (unpaired) electrons. The Bertz CT molecular complexity index is 498. The Morgan fingerprint density at radius 3 is 2.39 bits per heavy atom. The minimum atomic E-state index is -0.992. The highest BCUT2D eigenvalue weighted by Crippen LogP contribution is 2.38. The molecule has 0 aromatic heterocycles. The van der Waals surface area contributed by atoms with Crippen molar-refractivity contribution >= 4 is 35.1 Å². The smallest absolute Gasteiger partial charge is 0.309 e. The summed E-state index contributed by atoms with van der Waals surface area (Å²) in [5.41, 5.74) is 0.647. The van der Waals surface area contributed by atoms with Gasteiger partial charge in [-0.15, -0.1) is 0 Å². The normalized spacial score (nSPS) is 23.5. The molecule has 1 amide bonds. The first-order valence-electron chi connectivity index (χ1n) is 5.34. The van der Waals surface area contributed by atoms with Crippen LogP contribution in [0.5, 0.6) is 0 Å². The van der Waals surface area contributed by atoms with Gasteiger partial charge in [0.25, 0.3) is 0 Å². The monoisotopic (exact) mass is 287 g/mol. The van der Waals surface area contributed by atoms with Crippen LogP contribution in [0.25, 0.3) is 0 Å². The topological polar surface area (TPSA) is 57.6 Å². The summed E-state index contributed by atoms with van der Waals surface area (Å²) in [6, 6.07) is 4.33. The Morgan fingerprint density at radius 1 is 1.33 bits per heavy atom. The molecular weight excluding hydrogens is 277 g/mol. The molecule has 0 bridgehead atoms. The van der Waals surface area contributed by atoms with Crippen molar-refractivity contribution in [3.8, 4) is 0 Å². The first-order chi connectivity index (χ1) is 8.40. The highest BCUT2D eigenvalue weighted by Gasteiger charge is 2.42. The number of halogens is 2. The molecule has 1 saturated heterocycles. The highest BCUT2D eigenvalue weighted by molar-refractivity contribution is 6.34. The van der Waals surface area contributed by atoms with Crippen molar-refractivity contribution in [1.82, 2.24) is 4.90 Å². The Kier molecular flexibility index (Phi) is 3.50. The maximum atomic E-state index is 11.6. The van der Waals surface area contributed by atoms with E-state index in [1.54, 1.807) is 25.2 Å². The van der Waals surface area contributed by atoms with Crippen LogP contribution in [-0.4, -0.2) is 28.9 Å². The molecule has 0 aliphatic carbocycles. The molecule has 1 aliphatic rings. The van der Waals surface area contributed by atoms with Crippen LogP contribution >= 0.6 is 23.2 Å². The second-order valence-corrected chi connectivity index (χ2v) is 5.17. The number of nitrogens with zero attached hydrogens (tertiary/aromatic N) is 1. The molecule has 1 aromatic carbocycles. The molecule has 0 saturated carbocycles. The average molecular weight is 288 g/mol. The lowest BCUT2D eigenvalue weighted by Gasteiger charge is -2.23. The standard InChI is InChI=1S/C12H11Cl2NO3/c1-15-10(16)5-9(12(17)18)11(15)6-2-7(13)4-8(14)3-6/h2-4,9,11H,5H2,1H3,(H,17,18). The average Bonchev–Trinajstić information content (AvgIpc) is 2.54. The van der Waals surface area contributed by atoms with Crippen molar-refractivity contribution in [2.24, 2.45) is 5.92 Å². The van der Waals surface area contributed by atoms with Gasteiger partial charge in [-0.2, -0.15) is 0 Å².